The number of hydrogen-bond acceptors (Lipinski definition) is 3. The van der Waals surface area contributed by atoms with E-state index in [1.807, 2.05) is 7.05 Å². The first-order valence-electron chi connectivity index (χ1n) is 4.77. The highest BCUT2D eigenvalue weighted by Gasteiger charge is 2.15. The first-order chi connectivity index (χ1) is 7.56. The standard InChI is InChI=1S/C10H13Cl2N3O/c1-13-3-4-15(2)10(16)7-5-9(12)14-6-8(7)11/h5-6,13H,3-4H2,1-2H3. The van der Waals surface area contributed by atoms with Crippen molar-refractivity contribution in [2.75, 3.05) is 27.2 Å². The summed E-state index contributed by atoms with van der Waals surface area (Å²) in [6.07, 6.45) is 1.38. The van der Waals surface area contributed by atoms with Crippen molar-refractivity contribution in [3.8, 4) is 0 Å². The summed E-state index contributed by atoms with van der Waals surface area (Å²) in [5.41, 5.74) is 0.375. The Bertz CT molecular complexity index is 384. The Hall–Kier alpha value is -0.840. The molecule has 0 aliphatic heterocycles. The lowest BCUT2D eigenvalue weighted by Crippen LogP contribution is -2.32. The SMILES string of the molecule is CNCCN(C)C(=O)c1cc(Cl)ncc1Cl. The Morgan fingerprint density at radius 1 is 1.56 bits per heavy atom. The van der Waals surface area contributed by atoms with Crippen molar-refractivity contribution in [2.45, 2.75) is 0 Å². The fourth-order valence-electron chi connectivity index (χ4n) is 1.16. The fraction of sp³-hybridized carbons (Fsp3) is 0.400. The lowest BCUT2D eigenvalue weighted by atomic mass is 10.2. The van der Waals surface area contributed by atoms with Crippen molar-refractivity contribution < 1.29 is 4.79 Å². The van der Waals surface area contributed by atoms with Gasteiger partial charge in [0.15, 0.2) is 0 Å². The Morgan fingerprint density at radius 3 is 2.88 bits per heavy atom. The number of rotatable bonds is 4. The molecule has 0 fully saturated rings. The van der Waals surface area contributed by atoms with Gasteiger partial charge in [0.25, 0.3) is 5.91 Å². The second-order valence-corrected chi connectivity index (χ2v) is 4.11. The van der Waals surface area contributed by atoms with Gasteiger partial charge in [-0.3, -0.25) is 4.79 Å². The number of nitrogens with zero attached hydrogens (tertiary/aromatic N) is 2. The number of carbonyl (C=O) groups is 1. The first kappa shape index (κ1) is 13.2. The third kappa shape index (κ3) is 3.33. The summed E-state index contributed by atoms with van der Waals surface area (Å²) in [5, 5.41) is 3.54. The molecule has 0 bridgehead atoms. The lowest BCUT2D eigenvalue weighted by molar-refractivity contribution is 0.0797. The quantitative estimate of drug-likeness (QED) is 0.840. The summed E-state index contributed by atoms with van der Waals surface area (Å²) >= 11 is 11.6. The number of pyridine rings is 1. The number of likely N-dealkylation sites (N-methyl/N-ethyl adjacent to an activating group) is 2. The molecular formula is C10H13Cl2N3O. The first-order valence-corrected chi connectivity index (χ1v) is 5.53. The maximum Gasteiger partial charge on any atom is 0.255 e. The number of halogens is 2. The van der Waals surface area contributed by atoms with Crippen molar-refractivity contribution in [3.05, 3.63) is 28.0 Å². The van der Waals surface area contributed by atoms with Gasteiger partial charge >= 0.3 is 0 Å². The van der Waals surface area contributed by atoms with Gasteiger partial charge in [-0.2, -0.15) is 0 Å². The van der Waals surface area contributed by atoms with Gasteiger partial charge in [0.1, 0.15) is 5.15 Å². The maximum absolute atomic E-state index is 12.0. The van der Waals surface area contributed by atoms with E-state index in [1.165, 1.54) is 12.3 Å². The third-order valence-corrected chi connectivity index (χ3v) is 2.60. The van der Waals surface area contributed by atoms with Crippen LogP contribution in [0.3, 0.4) is 0 Å². The molecule has 0 atom stereocenters. The molecule has 0 radical (unpaired) electrons. The van der Waals surface area contributed by atoms with Gasteiger partial charge in [-0.15, -0.1) is 0 Å². The smallest absolute Gasteiger partial charge is 0.255 e. The van der Waals surface area contributed by atoms with Gasteiger partial charge in [-0.05, 0) is 13.1 Å². The van der Waals surface area contributed by atoms with Crippen molar-refractivity contribution in [2.24, 2.45) is 0 Å². The Labute approximate surface area is 105 Å². The zero-order valence-electron chi connectivity index (χ0n) is 9.13. The van der Waals surface area contributed by atoms with Crippen LogP contribution >= 0.6 is 23.2 Å². The third-order valence-electron chi connectivity index (χ3n) is 2.10. The summed E-state index contributed by atoms with van der Waals surface area (Å²) in [5.74, 6) is -0.162. The minimum absolute atomic E-state index is 0.162. The van der Waals surface area contributed by atoms with Gasteiger partial charge in [0.2, 0.25) is 0 Å². The van der Waals surface area contributed by atoms with E-state index in [-0.39, 0.29) is 11.1 Å². The molecule has 1 aromatic rings. The molecule has 1 rings (SSSR count). The van der Waals surface area contributed by atoms with E-state index in [0.29, 0.717) is 17.1 Å². The highest BCUT2D eigenvalue weighted by atomic mass is 35.5. The molecule has 6 heteroatoms. The molecule has 0 unspecified atom stereocenters. The number of amides is 1. The van der Waals surface area contributed by atoms with Crippen LogP contribution in [0.25, 0.3) is 0 Å². The maximum atomic E-state index is 12.0. The molecule has 0 aliphatic rings. The molecule has 0 saturated heterocycles. The molecule has 0 saturated carbocycles. The van der Waals surface area contributed by atoms with Crippen LogP contribution in [0.4, 0.5) is 0 Å². The summed E-state index contributed by atoms with van der Waals surface area (Å²) in [6.45, 7) is 1.32. The molecule has 1 N–H and O–H groups in total. The molecule has 1 heterocycles. The molecule has 0 aromatic carbocycles. The van der Waals surface area contributed by atoms with Crippen molar-refractivity contribution in [1.82, 2.24) is 15.2 Å². The average molecular weight is 262 g/mol. The zero-order valence-corrected chi connectivity index (χ0v) is 10.6. The predicted molar refractivity (Wildman–Crippen MR) is 65.1 cm³/mol. The topological polar surface area (TPSA) is 45.2 Å². The van der Waals surface area contributed by atoms with E-state index in [2.05, 4.69) is 10.3 Å². The molecule has 1 aromatic heterocycles. The van der Waals surface area contributed by atoms with Crippen LogP contribution < -0.4 is 5.32 Å². The van der Waals surface area contributed by atoms with Crippen LogP contribution in [-0.4, -0.2) is 43.0 Å². The molecule has 0 aliphatic carbocycles. The predicted octanol–water partition coefficient (Wildman–Crippen LogP) is 1.68. The van der Waals surface area contributed by atoms with Gasteiger partial charge in [-0.1, -0.05) is 23.2 Å². The van der Waals surface area contributed by atoms with Crippen molar-refractivity contribution in [3.63, 3.8) is 0 Å². The van der Waals surface area contributed by atoms with E-state index in [4.69, 9.17) is 23.2 Å². The van der Waals surface area contributed by atoms with Crippen LogP contribution in [0.15, 0.2) is 12.3 Å². The molecule has 4 nitrogen and oxygen atoms in total. The Kier molecular flexibility index (Phi) is 4.99. The van der Waals surface area contributed by atoms with Gasteiger partial charge < -0.3 is 10.2 Å². The van der Waals surface area contributed by atoms with Gasteiger partial charge in [0, 0.05) is 26.3 Å². The lowest BCUT2D eigenvalue weighted by Gasteiger charge is -2.17. The van der Waals surface area contributed by atoms with Crippen LogP contribution in [0.5, 0.6) is 0 Å². The van der Waals surface area contributed by atoms with Gasteiger partial charge in [0.05, 0.1) is 10.6 Å². The highest BCUT2D eigenvalue weighted by Crippen LogP contribution is 2.19. The Balaban J connectivity index is 2.83. The number of nitrogens with one attached hydrogen (secondary N) is 1. The van der Waals surface area contributed by atoms with Gasteiger partial charge in [-0.25, -0.2) is 4.98 Å². The second-order valence-electron chi connectivity index (χ2n) is 3.32. The van der Waals surface area contributed by atoms with E-state index in [1.54, 1.807) is 11.9 Å². The largest absolute Gasteiger partial charge is 0.340 e. The summed E-state index contributed by atoms with van der Waals surface area (Å²) in [4.78, 5) is 17.3. The average Bonchev–Trinajstić information content (AvgIpc) is 2.28. The normalized spacial score (nSPS) is 10.2. The molecule has 16 heavy (non-hydrogen) atoms. The second kappa shape index (κ2) is 6.03. The zero-order chi connectivity index (χ0) is 12.1. The van der Waals surface area contributed by atoms with Crippen LogP contribution in [0.2, 0.25) is 10.2 Å². The monoisotopic (exact) mass is 261 g/mol. The molecule has 88 valence electrons. The fourth-order valence-corrected chi connectivity index (χ4v) is 1.51. The van der Waals surface area contributed by atoms with E-state index < -0.39 is 0 Å². The van der Waals surface area contributed by atoms with E-state index in [0.717, 1.165) is 6.54 Å². The number of carbonyl (C=O) groups excluding carboxylic acids is 1. The highest BCUT2D eigenvalue weighted by molar-refractivity contribution is 6.35. The summed E-state index contributed by atoms with van der Waals surface area (Å²) < 4.78 is 0. The number of hydrogen-bond donors (Lipinski definition) is 1. The van der Waals surface area contributed by atoms with Crippen molar-refractivity contribution in [1.29, 1.82) is 0 Å². The van der Waals surface area contributed by atoms with E-state index in [9.17, 15) is 4.79 Å². The minimum atomic E-state index is -0.162. The van der Waals surface area contributed by atoms with E-state index >= 15 is 0 Å². The molecule has 0 spiro atoms. The summed E-state index contributed by atoms with van der Waals surface area (Å²) in [6, 6.07) is 1.47. The molecular weight excluding hydrogens is 249 g/mol. The molecule has 1 amide bonds. The number of aromatic nitrogens is 1. The minimum Gasteiger partial charge on any atom is -0.340 e. The van der Waals surface area contributed by atoms with Crippen molar-refractivity contribution >= 4 is 29.1 Å². The summed E-state index contributed by atoms with van der Waals surface area (Å²) in [7, 11) is 3.54. The Morgan fingerprint density at radius 2 is 2.25 bits per heavy atom. The van der Waals surface area contributed by atoms with Crippen LogP contribution in [-0.2, 0) is 0 Å². The van der Waals surface area contributed by atoms with Crippen LogP contribution in [0.1, 0.15) is 10.4 Å². The van der Waals surface area contributed by atoms with Crippen LogP contribution in [0, 0.1) is 0 Å².